The van der Waals surface area contributed by atoms with Crippen molar-refractivity contribution in [2.75, 3.05) is 11.9 Å². The SMILES string of the molecule is CCn1nc(C)c2ncnc(NCCCn3ncc4ccccc43)c21. The molecule has 7 heteroatoms. The second-order valence-electron chi connectivity index (χ2n) is 6.03. The van der Waals surface area contributed by atoms with Gasteiger partial charge in [-0.25, -0.2) is 9.97 Å². The maximum absolute atomic E-state index is 4.53. The molecule has 4 aromatic rings. The van der Waals surface area contributed by atoms with Crippen molar-refractivity contribution in [3.8, 4) is 0 Å². The van der Waals surface area contributed by atoms with E-state index < -0.39 is 0 Å². The first-order valence-corrected chi connectivity index (χ1v) is 8.60. The highest BCUT2D eigenvalue weighted by Crippen LogP contribution is 2.22. The highest BCUT2D eigenvalue weighted by molar-refractivity contribution is 5.87. The van der Waals surface area contributed by atoms with Crippen LogP contribution in [0.2, 0.25) is 0 Å². The summed E-state index contributed by atoms with van der Waals surface area (Å²) in [5.41, 5.74) is 4.00. The van der Waals surface area contributed by atoms with E-state index in [1.54, 1.807) is 6.33 Å². The summed E-state index contributed by atoms with van der Waals surface area (Å²) in [6.45, 7) is 6.53. The van der Waals surface area contributed by atoms with Gasteiger partial charge >= 0.3 is 0 Å². The molecule has 0 aliphatic heterocycles. The normalized spacial score (nSPS) is 11.4. The van der Waals surface area contributed by atoms with Gasteiger partial charge in [0, 0.05) is 25.0 Å². The molecule has 0 bridgehead atoms. The average Bonchev–Trinajstić information content (AvgIpc) is 3.20. The number of nitrogens with zero attached hydrogens (tertiary/aromatic N) is 6. The maximum atomic E-state index is 4.53. The lowest BCUT2D eigenvalue weighted by molar-refractivity contribution is 0.609. The van der Waals surface area contributed by atoms with Gasteiger partial charge in [0.2, 0.25) is 0 Å². The number of hydrogen-bond acceptors (Lipinski definition) is 5. The number of hydrogen-bond donors (Lipinski definition) is 1. The lowest BCUT2D eigenvalue weighted by Crippen LogP contribution is -2.10. The van der Waals surface area contributed by atoms with Crippen LogP contribution in [0, 0.1) is 6.92 Å². The van der Waals surface area contributed by atoms with Gasteiger partial charge in [0.25, 0.3) is 0 Å². The zero-order valence-corrected chi connectivity index (χ0v) is 14.5. The van der Waals surface area contributed by atoms with E-state index in [-0.39, 0.29) is 0 Å². The Balaban J connectivity index is 1.46. The summed E-state index contributed by atoms with van der Waals surface area (Å²) in [7, 11) is 0. The quantitative estimate of drug-likeness (QED) is 0.548. The van der Waals surface area contributed by atoms with Crippen molar-refractivity contribution in [1.82, 2.24) is 29.5 Å². The van der Waals surface area contributed by atoms with E-state index in [4.69, 9.17) is 0 Å². The van der Waals surface area contributed by atoms with Crippen LogP contribution in [-0.2, 0) is 13.1 Å². The van der Waals surface area contributed by atoms with Gasteiger partial charge in [-0.15, -0.1) is 0 Å². The second-order valence-corrected chi connectivity index (χ2v) is 6.03. The highest BCUT2D eigenvalue weighted by Gasteiger charge is 2.12. The fourth-order valence-electron chi connectivity index (χ4n) is 3.16. The minimum Gasteiger partial charge on any atom is -0.368 e. The molecule has 0 radical (unpaired) electrons. The molecule has 7 nitrogen and oxygen atoms in total. The number of fused-ring (bicyclic) bond motifs is 2. The Labute approximate surface area is 145 Å². The zero-order valence-electron chi connectivity index (χ0n) is 14.5. The summed E-state index contributed by atoms with van der Waals surface area (Å²) < 4.78 is 4.00. The van der Waals surface area contributed by atoms with E-state index >= 15 is 0 Å². The Morgan fingerprint density at radius 2 is 2.00 bits per heavy atom. The van der Waals surface area contributed by atoms with E-state index in [1.165, 1.54) is 10.9 Å². The Kier molecular flexibility index (Phi) is 4.05. The molecule has 0 saturated heterocycles. The number of para-hydroxylation sites is 1. The molecule has 3 heterocycles. The van der Waals surface area contributed by atoms with E-state index in [2.05, 4.69) is 44.5 Å². The van der Waals surface area contributed by atoms with Crippen LogP contribution in [0.4, 0.5) is 5.82 Å². The number of nitrogens with one attached hydrogen (secondary N) is 1. The van der Waals surface area contributed by atoms with Crippen molar-refractivity contribution in [2.45, 2.75) is 33.4 Å². The number of rotatable bonds is 6. The van der Waals surface area contributed by atoms with Gasteiger partial charge in [-0.3, -0.25) is 9.36 Å². The number of anilines is 1. The number of aromatic nitrogens is 6. The van der Waals surface area contributed by atoms with Gasteiger partial charge < -0.3 is 5.32 Å². The molecule has 0 saturated carbocycles. The van der Waals surface area contributed by atoms with Gasteiger partial charge in [-0.1, -0.05) is 18.2 Å². The molecule has 25 heavy (non-hydrogen) atoms. The van der Waals surface area contributed by atoms with Crippen molar-refractivity contribution in [3.05, 3.63) is 42.5 Å². The fourth-order valence-corrected chi connectivity index (χ4v) is 3.16. The summed E-state index contributed by atoms with van der Waals surface area (Å²) in [6.07, 6.45) is 4.47. The Morgan fingerprint density at radius 1 is 1.12 bits per heavy atom. The van der Waals surface area contributed by atoms with E-state index in [9.17, 15) is 0 Å². The molecule has 1 N–H and O–H groups in total. The first-order chi connectivity index (χ1) is 12.3. The Hall–Kier alpha value is -2.96. The maximum Gasteiger partial charge on any atom is 0.155 e. The molecule has 3 aromatic heterocycles. The van der Waals surface area contributed by atoms with Crippen molar-refractivity contribution >= 4 is 27.8 Å². The second kappa shape index (κ2) is 6.51. The third-order valence-corrected chi connectivity index (χ3v) is 4.38. The van der Waals surface area contributed by atoms with Crippen LogP contribution in [0.15, 0.2) is 36.8 Å². The Bertz CT molecular complexity index is 1010. The van der Waals surface area contributed by atoms with E-state index in [0.29, 0.717) is 0 Å². The van der Waals surface area contributed by atoms with Gasteiger partial charge in [0.05, 0.1) is 17.4 Å². The molecule has 1 aromatic carbocycles. The van der Waals surface area contributed by atoms with Crippen LogP contribution >= 0.6 is 0 Å². The van der Waals surface area contributed by atoms with Gasteiger partial charge in [-0.2, -0.15) is 10.2 Å². The first kappa shape index (κ1) is 15.6. The smallest absolute Gasteiger partial charge is 0.155 e. The van der Waals surface area contributed by atoms with Crippen LogP contribution in [0.25, 0.3) is 21.9 Å². The van der Waals surface area contributed by atoms with Crippen LogP contribution in [0.3, 0.4) is 0 Å². The third kappa shape index (κ3) is 2.82. The largest absolute Gasteiger partial charge is 0.368 e. The molecule has 4 rings (SSSR count). The molecule has 0 atom stereocenters. The number of benzene rings is 1. The van der Waals surface area contributed by atoms with Crippen LogP contribution in [0.5, 0.6) is 0 Å². The fraction of sp³-hybridized carbons (Fsp3) is 0.333. The standard InChI is InChI=1S/C18H21N7/c1-3-24-17-16(13(2)23-24)20-12-21-18(17)19-9-6-10-25-15-8-5-4-7-14(15)11-22-25/h4-5,7-8,11-12H,3,6,9-10H2,1-2H3,(H,19,20,21). The molecule has 0 aliphatic rings. The van der Waals surface area contributed by atoms with E-state index in [0.717, 1.165) is 48.6 Å². The summed E-state index contributed by atoms with van der Waals surface area (Å²) in [5, 5.41) is 13.6. The molecule has 0 fully saturated rings. The lowest BCUT2D eigenvalue weighted by atomic mass is 10.2. The van der Waals surface area contributed by atoms with Crippen LogP contribution in [0.1, 0.15) is 19.0 Å². The molecule has 0 amide bonds. The predicted molar refractivity (Wildman–Crippen MR) is 98.6 cm³/mol. The summed E-state index contributed by atoms with van der Waals surface area (Å²) in [6, 6.07) is 8.27. The molecular formula is C18H21N7. The summed E-state index contributed by atoms with van der Waals surface area (Å²) in [5.74, 6) is 0.845. The average molecular weight is 335 g/mol. The predicted octanol–water partition coefficient (Wildman–Crippen LogP) is 3.01. The highest BCUT2D eigenvalue weighted by atomic mass is 15.3. The van der Waals surface area contributed by atoms with Crippen molar-refractivity contribution in [2.24, 2.45) is 0 Å². The van der Waals surface area contributed by atoms with Crippen LogP contribution in [-0.4, -0.2) is 36.1 Å². The van der Waals surface area contributed by atoms with Gasteiger partial charge in [0.15, 0.2) is 5.82 Å². The summed E-state index contributed by atoms with van der Waals surface area (Å²) in [4.78, 5) is 8.77. The minimum atomic E-state index is 0.797. The topological polar surface area (TPSA) is 73.5 Å². The van der Waals surface area contributed by atoms with E-state index in [1.807, 2.05) is 34.6 Å². The van der Waals surface area contributed by atoms with Crippen molar-refractivity contribution < 1.29 is 0 Å². The van der Waals surface area contributed by atoms with Crippen LogP contribution < -0.4 is 5.32 Å². The lowest BCUT2D eigenvalue weighted by Gasteiger charge is -2.09. The molecule has 0 spiro atoms. The molecule has 128 valence electrons. The monoisotopic (exact) mass is 335 g/mol. The van der Waals surface area contributed by atoms with Crippen molar-refractivity contribution in [3.63, 3.8) is 0 Å². The van der Waals surface area contributed by atoms with Gasteiger partial charge in [0.1, 0.15) is 17.4 Å². The first-order valence-electron chi connectivity index (χ1n) is 8.60. The zero-order chi connectivity index (χ0) is 17.2. The Morgan fingerprint density at radius 3 is 2.88 bits per heavy atom. The van der Waals surface area contributed by atoms with Crippen molar-refractivity contribution in [1.29, 1.82) is 0 Å². The summed E-state index contributed by atoms with van der Waals surface area (Å²) >= 11 is 0. The minimum absolute atomic E-state index is 0.797. The molecule has 0 aliphatic carbocycles. The number of aryl methyl sites for hydroxylation is 3. The molecular weight excluding hydrogens is 314 g/mol. The third-order valence-electron chi connectivity index (χ3n) is 4.38. The van der Waals surface area contributed by atoms with Gasteiger partial charge in [-0.05, 0) is 26.3 Å². The molecule has 0 unspecified atom stereocenters.